The highest BCUT2D eigenvalue weighted by Gasteiger charge is 2.03. The molecule has 0 spiro atoms. The topological polar surface area (TPSA) is 29.1 Å². The molecule has 13 heavy (non-hydrogen) atoms. The normalized spacial score (nSPS) is 9.38. The summed E-state index contributed by atoms with van der Waals surface area (Å²) >= 11 is 5.89. The van der Waals surface area contributed by atoms with Gasteiger partial charge in [-0.15, -0.1) is 0 Å². The van der Waals surface area contributed by atoms with E-state index in [2.05, 4.69) is 11.9 Å². The quantitative estimate of drug-likeness (QED) is 0.772. The smallest absolute Gasteiger partial charge is 0.221 e. The maximum absolute atomic E-state index is 10.7. The van der Waals surface area contributed by atoms with Crippen LogP contribution in [-0.4, -0.2) is 5.91 Å². The van der Waals surface area contributed by atoms with E-state index >= 15 is 0 Å². The van der Waals surface area contributed by atoms with Crippen molar-refractivity contribution in [2.24, 2.45) is 0 Å². The SMILES string of the molecule is C=C(NC(C)=O)c1ccccc1Cl. The minimum Gasteiger partial charge on any atom is -0.326 e. The highest BCUT2D eigenvalue weighted by Crippen LogP contribution is 2.20. The molecule has 1 aromatic carbocycles. The zero-order chi connectivity index (χ0) is 9.84. The third-order valence-electron chi connectivity index (χ3n) is 1.53. The van der Waals surface area contributed by atoms with Crippen molar-refractivity contribution in [2.75, 3.05) is 0 Å². The van der Waals surface area contributed by atoms with E-state index in [1.54, 1.807) is 12.1 Å². The van der Waals surface area contributed by atoms with Crippen molar-refractivity contribution in [1.29, 1.82) is 0 Å². The maximum Gasteiger partial charge on any atom is 0.221 e. The molecule has 0 aromatic heterocycles. The van der Waals surface area contributed by atoms with E-state index < -0.39 is 0 Å². The first-order valence-corrected chi connectivity index (χ1v) is 4.20. The molecule has 0 heterocycles. The highest BCUT2D eigenvalue weighted by atomic mass is 35.5. The standard InChI is InChI=1S/C10H10ClNO/c1-7(12-8(2)13)9-5-3-4-6-10(9)11/h3-6H,1H2,2H3,(H,12,13). The highest BCUT2D eigenvalue weighted by molar-refractivity contribution is 6.32. The van der Waals surface area contributed by atoms with Gasteiger partial charge in [0.25, 0.3) is 0 Å². The van der Waals surface area contributed by atoms with Crippen LogP contribution in [0.5, 0.6) is 0 Å². The van der Waals surface area contributed by atoms with Crippen LogP contribution in [0.25, 0.3) is 5.70 Å². The van der Waals surface area contributed by atoms with Gasteiger partial charge in [-0.1, -0.05) is 36.4 Å². The first-order chi connectivity index (χ1) is 6.11. The zero-order valence-electron chi connectivity index (χ0n) is 7.30. The molecule has 0 aliphatic rings. The number of carbonyl (C=O) groups excluding carboxylic acids is 1. The number of nitrogens with one attached hydrogen (secondary N) is 1. The van der Waals surface area contributed by atoms with Gasteiger partial charge in [0.2, 0.25) is 5.91 Å². The second kappa shape index (κ2) is 4.10. The number of halogens is 1. The van der Waals surface area contributed by atoms with Crippen LogP contribution in [0.2, 0.25) is 5.02 Å². The van der Waals surface area contributed by atoms with E-state index in [1.165, 1.54) is 6.92 Å². The van der Waals surface area contributed by atoms with Crippen LogP contribution in [0.4, 0.5) is 0 Å². The lowest BCUT2D eigenvalue weighted by Gasteiger charge is -2.07. The number of rotatable bonds is 2. The molecule has 1 amide bonds. The van der Waals surface area contributed by atoms with E-state index in [0.717, 1.165) is 5.56 Å². The minimum absolute atomic E-state index is 0.148. The molecule has 0 aliphatic carbocycles. The number of hydrogen-bond donors (Lipinski definition) is 1. The third-order valence-corrected chi connectivity index (χ3v) is 1.86. The van der Waals surface area contributed by atoms with Crippen LogP contribution < -0.4 is 5.32 Å². The molecule has 2 nitrogen and oxygen atoms in total. The van der Waals surface area contributed by atoms with Crippen molar-refractivity contribution in [1.82, 2.24) is 5.32 Å². The Bertz CT molecular complexity index is 347. The summed E-state index contributed by atoms with van der Waals surface area (Å²) in [7, 11) is 0. The number of hydrogen-bond acceptors (Lipinski definition) is 1. The molecular formula is C10H10ClNO. The Morgan fingerprint density at radius 1 is 1.46 bits per heavy atom. The van der Waals surface area contributed by atoms with E-state index in [4.69, 9.17) is 11.6 Å². The molecule has 0 bridgehead atoms. The van der Waals surface area contributed by atoms with Gasteiger partial charge in [0, 0.05) is 23.2 Å². The van der Waals surface area contributed by atoms with Crippen molar-refractivity contribution in [3.05, 3.63) is 41.4 Å². The van der Waals surface area contributed by atoms with Crippen LogP contribution in [0.15, 0.2) is 30.8 Å². The van der Waals surface area contributed by atoms with Gasteiger partial charge in [-0.25, -0.2) is 0 Å². The number of carbonyl (C=O) groups is 1. The van der Waals surface area contributed by atoms with E-state index in [-0.39, 0.29) is 5.91 Å². The first kappa shape index (κ1) is 9.81. The fourth-order valence-electron chi connectivity index (χ4n) is 0.986. The summed E-state index contributed by atoms with van der Waals surface area (Å²) in [4.78, 5) is 10.7. The molecule has 0 fully saturated rings. The molecule has 0 radical (unpaired) electrons. The molecule has 0 aliphatic heterocycles. The average molecular weight is 196 g/mol. The Morgan fingerprint density at radius 3 is 2.62 bits per heavy atom. The number of amides is 1. The lowest BCUT2D eigenvalue weighted by Crippen LogP contribution is -2.17. The molecule has 1 N–H and O–H groups in total. The first-order valence-electron chi connectivity index (χ1n) is 3.82. The summed E-state index contributed by atoms with van der Waals surface area (Å²) in [6.45, 7) is 5.14. The van der Waals surface area contributed by atoms with E-state index in [1.807, 2.05) is 12.1 Å². The van der Waals surface area contributed by atoms with Crippen LogP contribution in [0.1, 0.15) is 12.5 Å². The summed E-state index contributed by atoms with van der Waals surface area (Å²) in [5.41, 5.74) is 1.28. The monoisotopic (exact) mass is 195 g/mol. The van der Waals surface area contributed by atoms with Gasteiger partial charge in [-0.05, 0) is 6.07 Å². The molecule has 0 saturated heterocycles. The fraction of sp³-hybridized carbons (Fsp3) is 0.100. The molecule has 0 saturated carbocycles. The van der Waals surface area contributed by atoms with Gasteiger partial charge in [0.15, 0.2) is 0 Å². The van der Waals surface area contributed by atoms with Gasteiger partial charge in [-0.3, -0.25) is 4.79 Å². The largest absolute Gasteiger partial charge is 0.326 e. The van der Waals surface area contributed by atoms with Crippen molar-refractivity contribution in [2.45, 2.75) is 6.92 Å². The van der Waals surface area contributed by atoms with Gasteiger partial charge in [0.1, 0.15) is 0 Å². The Kier molecular flexibility index (Phi) is 3.09. The van der Waals surface area contributed by atoms with Gasteiger partial charge >= 0.3 is 0 Å². The Hall–Kier alpha value is -1.28. The van der Waals surface area contributed by atoms with Crippen LogP contribution >= 0.6 is 11.6 Å². The summed E-state index contributed by atoms with van der Waals surface area (Å²) < 4.78 is 0. The van der Waals surface area contributed by atoms with Gasteiger partial charge in [0.05, 0.1) is 0 Å². The molecule has 1 rings (SSSR count). The van der Waals surface area contributed by atoms with Crippen LogP contribution in [-0.2, 0) is 4.79 Å². The fourth-order valence-corrected chi connectivity index (χ4v) is 1.24. The van der Waals surface area contributed by atoms with Gasteiger partial charge in [-0.2, -0.15) is 0 Å². The van der Waals surface area contributed by atoms with Crippen molar-refractivity contribution in [3.8, 4) is 0 Å². The second-order valence-electron chi connectivity index (χ2n) is 2.64. The van der Waals surface area contributed by atoms with E-state index in [9.17, 15) is 4.79 Å². The lowest BCUT2D eigenvalue weighted by molar-refractivity contribution is -0.117. The summed E-state index contributed by atoms with van der Waals surface area (Å²) in [5.74, 6) is -0.148. The molecule has 0 atom stereocenters. The van der Waals surface area contributed by atoms with Crippen LogP contribution in [0, 0.1) is 0 Å². The number of benzene rings is 1. The average Bonchev–Trinajstić information content (AvgIpc) is 2.03. The maximum atomic E-state index is 10.7. The van der Waals surface area contributed by atoms with Crippen molar-refractivity contribution < 1.29 is 4.79 Å². The van der Waals surface area contributed by atoms with E-state index in [0.29, 0.717) is 10.7 Å². The van der Waals surface area contributed by atoms with Crippen molar-refractivity contribution >= 4 is 23.2 Å². The lowest BCUT2D eigenvalue weighted by atomic mass is 10.2. The van der Waals surface area contributed by atoms with Crippen molar-refractivity contribution in [3.63, 3.8) is 0 Å². The molecule has 3 heteroatoms. The Morgan fingerprint density at radius 2 is 2.08 bits per heavy atom. The summed E-state index contributed by atoms with van der Waals surface area (Å²) in [6.07, 6.45) is 0. The Labute approximate surface area is 82.2 Å². The minimum atomic E-state index is -0.148. The molecule has 68 valence electrons. The van der Waals surface area contributed by atoms with Crippen LogP contribution in [0.3, 0.4) is 0 Å². The summed E-state index contributed by atoms with van der Waals surface area (Å²) in [5, 5.41) is 3.17. The second-order valence-corrected chi connectivity index (χ2v) is 3.05. The van der Waals surface area contributed by atoms with Gasteiger partial charge < -0.3 is 5.32 Å². The predicted octanol–water partition coefficient (Wildman–Crippen LogP) is 2.45. The molecule has 1 aromatic rings. The molecular weight excluding hydrogens is 186 g/mol. The zero-order valence-corrected chi connectivity index (χ0v) is 8.06. The Balaban J connectivity index is 2.89. The summed E-state index contributed by atoms with van der Waals surface area (Å²) in [6, 6.07) is 7.23. The molecule has 0 unspecified atom stereocenters. The third kappa shape index (κ3) is 2.60. The predicted molar refractivity (Wildman–Crippen MR) is 54.3 cm³/mol.